The molecule has 1 fully saturated rings. The van der Waals surface area contributed by atoms with Crippen LogP contribution in [0.4, 0.5) is 0 Å². The monoisotopic (exact) mass is 422 g/mol. The van der Waals surface area contributed by atoms with Crippen molar-refractivity contribution in [3.05, 3.63) is 77.9 Å². The lowest BCUT2D eigenvalue weighted by Gasteiger charge is -2.25. The van der Waals surface area contributed by atoms with Crippen LogP contribution in [0.25, 0.3) is 10.8 Å². The smallest absolute Gasteiger partial charge is 0.243 e. The van der Waals surface area contributed by atoms with Crippen LogP contribution in [-0.4, -0.2) is 31.2 Å². The summed E-state index contributed by atoms with van der Waals surface area (Å²) < 4.78 is 27.6. The van der Waals surface area contributed by atoms with Gasteiger partial charge in [0.25, 0.3) is 0 Å². The van der Waals surface area contributed by atoms with E-state index in [4.69, 9.17) is 0 Å². The molecule has 1 aliphatic heterocycles. The number of carbonyl (C=O) groups excluding carboxylic acids is 1. The lowest BCUT2D eigenvalue weighted by Crippen LogP contribution is -2.46. The molecule has 1 N–H and O–H groups in total. The molecule has 3 aromatic rings. The van der Waals surface area contributed by atoms with Gasteiger partial charge in [0.1, 0.15) is 6.04 Å². The fraction of sp³-hybridized carbons (Fsp3) is 0.292. The highest BCUT2D eigenvalue weighted by Gasteiger charge is 2.39. The maximum absolute atomic E-state index is 13.1. The van der Waals surface area contributed by atoms with Crippen LogP contribution in [-0.2, 0) is 14.8 Å². The summed E-state index contributed by atoms with van der Waals surface area (Å²) in [5, 5.41) is 5.25. The minimum absolute atomic E-state index is 0.229. The lowest BCUT2D eigenvalue weighted by atomic mass is 9.99. The summed E-state index contributed by atoms with van der Waals surface area (Å²) >= 11 is 0. The lowest BCUT2D eigenvalue weighted by molar-refractivity contribution is -0.124. The van der Waals surface area contributed by atoms with E-state index in [1.807, 2.05) is 56.3 Å². The van der Waals surface area contributed by atoms with Crippen molar-refractivity contribution in [3.63, 3.8) is 0 Å². The number of hydrogen-bond acceptors (Lipinski definition) is 3. The molecule has 0 bridgehead atoms. The number of aryl methyl sites for hydroxylation is 1. The summed E-state index contributed by atoms with van der Waals surface area (Å²) in [5.74, 6) is -0.247. The Balaban J connectivity index is 1.56. The SMILES string of the molecule is Cc1ccc(S(=O)(=O)N2CCCC2C(=O)NC(C)c2cccc3ccccc23)cc1. The first-order chi connectivity index (χ1) is 14.4. The second-order valence-corrected chi connectivity index (χ2v) is 9.78. The van der Waals surface area contributed by atoms with Crippen molar-refractivity contribution in [2.45, 2.75) is 43.7 Å². The Labute approximate surface area is 177 Å². The third-order valence-corrected chi connectivity index (χ3v) is 7.70. The van der Waals surface area contributed by atoms with Gasteiger partial charge in [-0.3, -0.25) is 4.79 Å². The summed E-state index contributed by atoms with van der Waals surface area (Å²) in [4.78, 5) is 13.3. The van der Waals surface area contributed by atoms with E-state index in [1.54, 1.807) is 24.3 Å². The molecule has 5 nitrogen and oxygen atoms in total. The molecule has 3 aromatic carbocycles. The number of fused-ring (bicyclic) bond motifs is 1. The van der Waals surface area contributed by atoms with Crippen LogP contribution in [0.3, 0.4) is 0 Å². The van der Waals surface area contributed by atoms with Gasteiger partial charge >= 0.3 is 0 Å². The van der Waals surface area contributed by atoms with E-state index in [-0.39, 0.29) is 16.8 Å². The van der Waals surface area contributed by atoms with Crippen LogP contribution in [0.2, 0.25) is 0 Å². The van der Waals surface area contributed by atoms with Crippen molar-refractivity contribution in [1.29, 1.82) is 0 Å². The molecule has 0 spiro atoms. The minimum atomic E-state index is -3.71. The second-order valence-electron chi connectivity index (χ2n) is 7.89. The minimum Gasteiger partial charge on any atom is -0.348 e. The predicted molar refractivity (Wildman–Crippen MR) is 119 cm³/mol. The highest BCUT2D eigenvalue weighted by atomic mass is 32.2. The Hall–Kier alpha value is -2.70. The van der Waals surface area contributed by atoms with E-state index in [1.165, 1.54) is 4.31 Å². The summed E-state index contributed by atoms with van der Waals surface area (Å²) in [5.41, 5.74) is 2.01. The van der Waals surface area contributed by atoms with Crippen molar-refractivity contribution in [2.24, 2.45) is 0 Å². The number of carbonyl (C=O) groups is 1. The summed E-state index contributed by atoms with van der Waals surface area (Å²) in [6.07, 6.45) is 1.20. The van der Waals surface area contributed by atoms with E-state index in [0.29, 0.717) is 19.4 Å². The zero-order valence-corrected chi connectivity index (χ0v) is 18.0. The number of nitrogens with zero attached hydrogens (tertiary/aromatic N) is 1. The molecule has 1 amide bonds. The molecule has 0 aliphatic carbocycles. The number of rotatable bonds is 5. The zero-order chi connectivity index (χ0) is 21.3. The molecule has 2 unspecified atom stereocenters. The Kier molecular flexibility index (Phi) is 5.62. The first-order valence-corrected chi connectivity index (χ1v) is 11.7. The van der Waals surface area contributed by atoms with Crippen LogP contribution < -0.4 is 5.32 Å². The Morgan fingerprint density at radius 2 is 1.73 bits per heavy atom. The van der Waals surface area contributed by atoms with Gasteiger partial charge in [-0.2, -0.15) is 4.31 Å². The van der Waals surface area contributed by atoms with Crippen LogP contribution in [0.15, 0.2) is 71.6 Å². The van der Waals surface area contributed by atoms with Gasteiger partial charge in [-0.15, -0.1) is 0 Å². The molecule has 0 radical (unpaired) electrons. The molecule has 4 rings (SSSR count). The van der Waals surface area contributed by atoms with Gasteiger partial charge < -0.3 is 5.32 Å². The Morgan fingerprint density at radius 1 is 1.03 bits per heavy atom. The van der Waals surface area contributed by atoms with Crippen LogP contribution in [0.1, 0.15) is 36.9 Å². The number of benzene rings is 3. The van der Waals surface area contributed by atoms with Gasteiger partial charge in [-0.05, 0) is 55.2 Å². The van der Waals surface area contributed by atoms with Gasteiger partial charge in [0, 0.05) is 6.54 Å². The maximum atomic E-state index is 13.1. The normalized spacial score (nSPS) is 18.4. The third kappa shape index (κ3) is 3.85. The first-order valence-electron chi connectivity index (χ1n) is 10.2. The van der Waals surface area contributed by atoms with Gasteiger partial charge in [-0.25, -0.2) is 8.42 Å². The first kappa shape index (κ1) is 20.6. The number of sulfonamides is 1. The van der Waals surface area contributed by atoms with E-state index >= 15 is 0 Å². The van der Waals surface area contributed by atoms with Crippen molar-refractivity contribution in [2.75, 3.05) is 6.54 Å². The fourth-order valence-corrected chi connectivity index (χ4v) is 5.81. The quantitative estimate of drug-likeness (QED) is 0.671. The van der Waals surface area contributed by atoms with Crippen molar-refractivity contribution in [3.8, 4) is 0 Å². The fourth-order valence-electron chi connectivity index (χ4n) is 4.15. The molecule has 2 atom stereocenters. The molecular weight excluding hydrogens is 396 g/mol. The van der Waals surface area contributed by atoms with Gasteiger partial charge in [0.2, 0.25) is 15.9 Å². The van der Waals surface area contributed by atoms with Crippen molar-refractivity contribution < 1.29 is 13.2 Å². The van der Waals surface area contributed by atoms with E-state index in [0.717, 1.165) is 21.9 Å². The van der Waals surface area contributed by atoms with Crippen LogP contribution >= 0.6 is 0 Å². The van der Waals surface area contributed by atoms with Gasteiger partial charge in [0.05, 0.1) is 10.9 Å². The van der Waals surface area contributed by atoms with Gasteiger partial charge in [0.15, 0.2) is 0 Å². The molecule has 0 saturated carbocycles. The molecule has 0 aromatic heterocycles. The van der Waals surface area contributed by atoms with Crippen molar-refractivity contribution in [1.82, 2.24) is 9.62 Å². The molecule has 1 heterocycles. The number of nitrogens with one attached hydrogen (secondary N) is 1. The van der Waals surface area contributed by atoms with E-state index in [2.05, 4.69) is 5.32 Å². The zero-order valence-electron chi connectivity index (χ0n) is 17.2. The third-order valence-electron chi connectivity index (χ3n) is 5.78. The summed E-state index contributed by atoms with van der Waals surface area (Å²) in [6, 6.07) is 19.9. The second kappa shape index (κ2) is 8.20. The largest absolute Gasteiger partial charge is 0.348 e. The highest BCUT2D eigenvalue weighted by molar-refractivity contribution is 7.89. The highest BCUT2D eigenvalue weighted by Crippen LogP contribution is 2.28. The average Bonchev–Trinajstić information content (AvgIpc) is 3.25. The standard InChI is InChI=1S/C24H26N2O3S/c1-17-12-14-20(15-13-17)30(28,29)26-16-6-11-23(26)24(27)25-18(2)21-10-5-8-19-7-3-4-9-22(19)21/h3-5,7-10,12-15,18,23H,6,11,16H2,1-2H3,(H,25,27). The molecule has 30 heavy (non-hydrogen) atoms. The predicted octanol–water partition coefficient (Wildman–Crippen LogP) is 4.18. The van der Waals surface area contributed by atoms with Crippen LogP contribution in [0.5, 0.6) is 0 Å². The van der Waals surface area contributed by atoms with Crippen molar-refractivity contribution >= 4 is 26.7 Å². The molecule has 1 saturated heterocycles. The van der Waals surface area contributed by atoms with E-state index < -0.39 is 16.1 Å². The number of amides is 1. The summed E-state index contributed by atoms with van der Waals surface area (Å²) in [6.45, 7) is 4.21. The Bertz CT molecular complexity index is 1170. The topological polar surface area (TPSA) is 66.5 Å². The average molecular weight is 423 g/mol. The van der Waals surface area contributed by atoms with E-state index in [9.17, 15) is 13.2 Å². The Morgan fingerprint density at radius 3 is 2.50 bits per heavy atom. The number of hydrogen-bond donors (Lipinski definition) is 1. The van der Waals surface area contributed by atoms with Gasteiger partial charge in [-0.1, -0.05) is 60.2 Å². The maximum Gasteiger partial charge on any atom is 0.243 e. The molecule has 1 aliphatic rings. The molecular formula is C24H26N2O3S. The van der Waals surface area contributed by atoms with Crippen LogP contribution in [0, 0.1) is 6.92 Å². The summed E-state index contributed by atoms with van der Waals surface area (Å²) in [7, 11) is -3.71. The molecule has 6 heteroatoms. The molecule has 156 valence electrons.